The summed E-state index contributed by atoms with van der Waals surface area (Å²) in [6.45, 7) is 6.68. The third-order valence-corrected chi connectivity index (χ3v) is 3.43. The summed E-state index contributed by atoms with van der Waals surface area (Å²) in [6, 6.07) is 9.59. The van der Waals surface area contributed by atoms with Gasteiger partial charge in [-0.25, -0.2) is 8.78 Å². The summed E-state index contributed by atoms with van der Waals surface area (Å²) in [7, 11) is 0. The molecule has 0 saturated heterocycles. The molecule has 0 aliphatic heterocycles. The van der Waals surface area contributed by atoms with Crippen LogP contribution < -0.4 is 5.32 Å². The molecular weight excluding hydrogens is 256 g/mol. The number of hydrogen-bond acceptors (Lipinski definition) is 1. The maximum Gasteiger partial charge on any atom is 0.131 e. The molecule has 2 aromatic rings. The predicted octanol–water partition coefficient (Wildman–Crippen LogP) is 4.28. The Bertz CT molecular complexity index is 608. The molecule has 0 saturated carbocycles. The summed E-state index contributed by atoms with van der Waals surface area (Å²) in [6.07, 6.45) is 0. The minimum absolute atomic E-state index is 0.263. The molecule has 0 radical (unpaired) electrons. The van der Waals surface area contributed by atoms with Crippen LogP contribution in [-0.4, -0.2) is 6.54 Å². The first kappa shape index (κ1) is 14.7. The topological polar surface area (TPSA) is 12.0 Å². The zero-order chi connectivity index (χ0) is 14.7. The first-order valence-electron chi connectivity index (χ1n) is 6.78. The lowest BCUT2D eigenvalue weighted by atomic mass is 9.93. The zero-order valence-corrected chi connectivity index (χ0v) is 12.0. The molecular formula is C17H19F2N. The van der Waals surface area contributed by atoms with E-state index in [9.17, 15) is 8.78 Å². The molecule has 0 spiro atoms. The molecule has 1 nitrogen and oxygen atoms in total. The molecule has 1 N–H and O–H groups in total. The summed E-state index contributed by atoms with van der Waals surface area (Å²) in [5.41, 5.74) is 3.71. The van der Waals surface area contributed by atoms with Crippen LogP contribution in [-0.2, 0) is 0 Å². The highest BCUT2D eigenvalue weighted by molar-refractivity contribution is 5.39. The molecule has 0 fully saturated rings. The highest BCUT2D eigenvalue weighted by Gasteiger charge is 2.19. The van der Waals surface area contributed by atoms with Gasteiger partial charge in [-0.1, -0.05) is 36.8 Å². The fraction of sp³-hybridized carbons (Fsp3) is 0.294. The average Bonchev–Trinajstić information content (AvgIpc) is 2.40. The van der Waals surface area contributed by atoms with Gasteiger partial charge in [-0.15, -0.1) is 0 Å². The van der Waals surface area contributed by atoms with Crippen LogP contribution in [0.25, 0.3) is 0 Å². The van der Waals surface area contributed by atoms with Crippen molar-refractivity contribution < 1.29 is 8.78 Å². The molecule has 0 aromatic heterocycles. The van der Waals surface area contributed by atoms with Crippen LogP contribution in [0.15, 0.2) is 36.4 Å². The molecule has 3 heteroatoms. The summed E-state index contributed by atoms with van der Waals surface area (Å²) in [4.78, 5) is 0. The van der Waals surface area contributed by atoms with Crippen molar-refractivity contribution in [2.45, 2.75) is 26.8 Å². The van der Waals surface area contributed by atoms with Crippen LogP contribution in [0.5, 0.6) is 0 Å². The average molecular weight is 275 g/mol. The molecule has 0 aliphatic carbocycles. The maximum absolute atomic E-state index is 14.1. The Morgan fingerprint density at radius 3 is 2.40 bits per heavy atom. The lowest BCUT2D eigenvalue weighted by Gasteiger charge is -2.22. The molecule has 1 atom stereocenters. The Balaban J connectivity index is 2.53. The molecule has 0 amide bonds. The predicted molar refractivity (Wildman–Crippen MR) is 77.8 cm³/mol. The first-order valence-corrected chi connectivity index (χ1v) is 6.78. The van der Waals surface area contributed by atoms with Gasteiger partial charge in [-0.3, -0.25) is 0 Å². The van der Waals surface area contributed by atoms with Crippen LogP contribution in [0.2, 0.25) is 0 Å². The van der Waals surface area contributed by atoms with Gasteiger partial charge < -0.3 is 5.32 Å². The van der Waals surface area contributed by atoms with Crippen molar-refractivity contribution in [1.82, 2.24) is 5.32 Å². The molecule has 106 valence electrons. The van der Waals surface area contributed by atoms with Gasteiger partial charge in [-0.2, -0.15) is 0 Å². The number of halogens is 2. The van der Waals surface area contributed by atoms with E-state index in [1.54, 1.807) is 0 Å². The van der Waals surface area contributed by atoms with Crippen LogP contribution in [0, 0.1) is 25.5 Å². The monoisotopic (exact) mass is 275 g/mol. The van der Waals surface area contributed by atoms with E-state index < -0.39 is 11.6 Å². The Labute approximate surface area is 118 Å². The van der Waals surface area contributed by atoms with Gasteiger partial charge in [0.1, 0.15) is 11.6 Å². The minimum atomic E-state index is -0.553. The van der Waals surface area contributed by atoms with Crippen LogP contribution in [0.1, 0.15) is 35.2 Å². The van der Waals surface area contributed by atoms with Crippen molar-refractivity contribution in [3.63, 3.8) is 0 Å². The van der Waals surface area contributed by atoms with E-state index >= 15 is 0 Å². The van der Waals surface area contributed by atoms with Gasteiger partial charge in [-0.05, 0) is 37.6 Å². The number of hydrogen-bond donors (Lipinski definition) is 1. The van der Waals surface area contributed by atoms with Gasteiger partial charge in [0.25, 0.3) is 0 Å². The Kier molecular flexibility index (Phi) is 4.50. The lowest BCUT2D eigenvalue weighted by molar-refractivity contribution is 0.540. The standard InChI is InChI=1S/C17H19F2N/c1-4-20-17(14-8-7-13(18)10-16(14)19)15-9-11(2)5-6-12(15)3/h5-10,17,20H,4H2,1-3H3. The molecule has 2 rings (SSSR count). The fourth-order valence-corrected chi connectivity index (χ4v) is 2.40. The number of rotatable bonds is 4. The number of nitrogens with one attached hydrogen (secondary N) is 1. The summed E-state index contributed by atoms with van der Waals surface area (Å²) in [5.74, 6) is -1.07. The van der Waals surface area contributed by atoms with Gasteiger partial charge in [0.15, 0.2) is 0 Å². The quantitative estimate of drug-likeness (QED) is 0.878. The van der Waals surface area contributed by atoms with E-state index in [0.29, 0.717) is 12.1 Å². The minimum Gasteiger partial charge on any atom is -0.306 e. The molecule has 0 bridgehead atoms. The zero-order valence-electron chi connectivity index (χ0n) is 12.0. The van der Waals surface area contributed by atoms with Gasteiger partial charge in [0.2, 0.25) is 0 Å². The molecule has 2 aromatic carbocycles. The Morgan fingerprint density at radius 2 is 1.75 bits per heavy atom. The van der Waals surface area contributed by atoms with Gasteiger partial charge in [0.05, 0.1) is 6.04 Å². The van der Waals surface area contributed by atoms with Crippen molar-refractivity contribution >= 4 is 0 Å². The van der Waals surface area contributed by atoms with E-state index in [4.69, 9.17) is 0 Å². The number of aryl methyl sites for hydroxylation is 2. The first-order chi connectivity index (χ1) is 9.52. The SMILES string of the molecule is CCNC(c1cc(C)ccc1C)c1ccc(F)cc1F. The highest BCUT2D eigenvalue weighted by Crippen LogP contribution is 2.28. The molecule has 1 unspecified atom stereocenters. The van der Waals surface area contributed by atoms with E-state index in [0.717, 1.165) is 22.8 Å². The van der Waals surface area contributed by atoms with E-state index in [-0.39, 0.29) is 6.04 Å². The largest absolute Gasteiger partial charge is 0.306 e. The van der Waals surface area contributed by atoms with E-state index in [1.807, 2.05) is 39.0 Å². The normalized spacial score (nSPS) is 12.4. The smallest absolute Gasteiger partial charge is 0.131 e. The van der Waals surface area contributed by atoms with Crippen LogP contribution in [0.3, 0.4) is 0 Å². The summed E-state index contributed by atoms with van der Waals surface area (Å²) >= 11 is 0. The number of benzene rings is 2. The fourth-order valence-electron chi connectivity index (χ4n) is 2.40. The second-order valence-corrected chi connectivity index (χ2v) is 5.02. The maximum atomic E-state index is 14.1. The van der Waals surface area contributed by atoms with Crippen molar-refractivity contribution in [2.75, 3.05) is 6.54 Å². The summed E-state index contributed by atoms with van der Waals surface area (Å²) < 4.78 is 27.1. The molecule has 0 aliphatic rings. The lowest BCUT2D eigenvalue weighted by Crippen LogP contribution is -2.24. The van der Waals surface area contributed by atoms with Gasteiger partial charge in [0, 0.05) is 11.6 Å². The highest BCUT2D eigenvalue weighted by atomic mass is 19.1. The van der Waals surface area contributed by atoms with Crippen molar-refractivity contribution in [3.8, 4) is 0 Å². The summed E-state index contributed by atoms with van der Waals surface area (Å²) in [5, 5.41) is 3.28. The Morgan fingerprint density at radius 1 is 1.00 bits per heavy atom. The Hall–Kier alpha value is -1.74. The van der Waals surface area contributed by atoms with Crippen molar-refractivity contribution in [2.24, 2.45) is 0 Å². The van der Waals surface area contributed by atoms with Crippen molar-refractivity contribution in [1.29, 1.82) is 0 Å². The second kappa shape index (κ2) is 6.14. The van der Waals surface area contributed by atoms with Crippen molar-refractivity contribution in [3.05, 3.63) is 70.3 Å². The van der Waals surface area contributed by atoms with Crippen LogP contribution >= 0.6 is 0 Å². The third-order valence-electron chi connectivity index (χ3n) is 3.43. The molecule has 0 heterocycles. The van der Waals surface area contributed by atoms with E-state index in [1.165, 1.54) is 12.1 Å². The van der Waals surface area contributed by atoms with Crippen LogP contribution in [0.4, 0.5) is 8.78 Å². The molecule has 20 heavy (non-hydrogen) atoms. The van der Waals surface area contributed by atoms with E-state index in [2.05, 4.69) is 5.32 Å². The third kappa shape index (κ3) is 3.05. The van der Waals surface area contributed by atoms with Gasteiger partial charge >= 0.3 is 0 Å². The second-order valence-electron chi connectivity index (χ2n) is 5.02.